The number of benzene rings is 1. The largest absolute Gasteiger partial charge is 0.368 e. The number of amides is 1. The molecule has 1 saturated heterocycles. The first kappa shape index (κ1) is 17.5. The Morgan fingerprint density at radius 3 is 2.48 bits per heavy atom. The Morgan fingerprint density at radius 1 is 1.16 bits per heavy atom. The van der Waals surface area contributed by atoms with Gasteiger partial charge in [-0.2, -0.15) is 0 Å². The third-order valence-corrected chi connectivity index (χ3v) is 5.07. The van der Waals surface area contributed by atoms with Gasteiger partial charge in [0.15, 0.2) is 5.16 Å². The van der Waals surface area contributed by atoms with E-state index in [1.165, 1.54) is 29.1 Å². The molecule has 1 aliphatic rings. The number of carbonyl (C=O) groups is 1. The lowest BCUT2D eigenvalue weighted by molar-refractivity contribution is -0.128. The molecule has 0 atom stereocenters. The van der Waals surface area contributed by atoms with Crippen LogP contribution >= 0.6 is 11.8 Å². The number of thioether (sulfide) groups is 1. The molecule has 6 nitrogen and oxygen atoms in total. The third-order valence-electron chi connectivity index (χ3n) is 4.21. The van der Waals surface area contributed by atoms with Crippen LogP contribution in [0, 0.1) is 13.8 Å². The van der Waals surface area contributed by atoms with Gasteiger partial charge in [-0.25, -0.2) is 4.98 Å². The first-order valence-corrected chi connectivity index (χ1v) is 9.30. The molecule has 0 unspecified atom stereocenters. The minimum absolute atomic E-state index is 0.0812. The van der Waals surface area contributed by atoms with Crippen molar-refractivity contribution in [3.8, 4) is 0 Å². The fourth-order valence-corrected chi connectivity index (χ4v) is 3.64. The number of aromatic nitrogens is 2. The summed E-state index contributed by atoms with van der Waals surface area (Å²) in [5.41, 5.74) is 2.92. The molecule has 2 aromatic rings. The number of aromatic amines is 1. The Bertz CT molecular complexity index is 795. The van der Waals surface area contributed by atoms with E-state index in [4.69, 9.17) is 0 Å². The maximum atomic E-state index is 12.4. The second kappa shape index (κ2) is 7.74. The normalized spacial score (nSPS) is 14.6. The lowest BCUT2D eigenvalue weighted by atomic mass is 10.2. The number of hydrogen-bond acceptors (Lipinski definition) is 5. The highest BCUT2D eigenvalue weighted by molar-refractivity contribution is 7.99. The summed E-state index contributed by atoms with van der Waals surface area (Å²) in [5, 5.41) is 0.497. The van der Waals surface area contributed by atoms with Crippen molar-refractivity contribution in [2.24, 2.45) is 0 Å². The van der Waals surface area contributed by atoms with Gasteiger partial charge >= 0.3 is 0 Å². The monoisotopic (exact) mass is 358 g/mol. The van der Waals surface area contributed by atoms with Crippen molar-refractivity contribution in [3.05, 3.63) is 51.9 Å². The molecule has 7 heteroatoms. The highest BCUT2D eigenvalue weighted by Gasteiger charge is 2.21. The molecule has 25 heavy (non-hydrogen) atoms. The van der Waals surface area contributed by atoms with Gasteiger partial charge in [0, 0.05) is 43.6 Å². The van der Waals surface area contributed by atoms with Crippen LogP contribution in [0.25, 0.3) is 0 Å². The summed E-state index contributed by atoms with van der Waals surface area (Å²) in [6.07, 6.45) is 0. The van der Waals surface area contributed by atoms with E-state index in [0.717, 1.165) is 13.1 Å². The smallest absolute Gasteiger partial charge is 0.251 e. The molecule has 1 aliphatic heterocycles. The lowest BCUT2D eigenvalue weighted by Gasteiger charge is -2.36. The van der Waals surface area contributed by atoms with Gasteiger partial charge in [0.2, 0.25) is 5.91 Å². The third kappa shape index (κ3) is 4.63. The summed E-state index contributed by atoms with van der Waals surface area (Å²) in [6.45, 7) is 6.94. The number of nitrogens with zero attached hydrogens (tertiary/aromatic N) is 3. The number of H-pyrrole nitrogens is 1. The Kier molecular flexibility index (Phi) is 5.43. The minimum Gasteiger partial charge on any atom is -0.368 e. The summed E-state index contributed by atoms with van der Waals surface area (Å²) >= 11 is 1.28. The number of rotatable bonds is 4. The van der Waals surface area contributed by atoms with E-state index in [9.17, 15) is 9.59 Å². The standard InChI is InChI=1S/C18H22N4O2S/c1-13-3-5-15(6-4-13)21-7-9-22(10-8-21)17(24)12-25-18-19-14(2)11-16(23)20-18/h3-6,11H,7-10,12H2,1-2H3,(H,19,20,23). The van der Waals surface area contributed by atoms with Crippen LogP contribution in [0.15, 0.2) is 40.3 Å². The van der Waals surface area contributed by atoms with Gasteiger partial charge in [0.05, 0.1) is 5.75 Å². The molecule has 1 N–H and O–H groups in total. The number of anilines is 1. The van der Waals surface area contributed by atoms with E-state index in [1.54, 1.807) is 6.92 Å². The maximum absolute atomic E-state index is 12.4. The quantitative estimate of drug-likeness (QED) is 0.667. The molecule has 0 saturated carbocycles. The van der Waals surface area contributed by atoms with Crippen LogP contribution in [0.5, 0.6) is 0 Å². The Balaban J connectivity index is 1.51. The summed E-state index contributed by atoms with van der Waals surface area (Å²) in [4.78, 5) is 34.9. The zero-order valence-electron chi connectivity index (χ0n) is 14.5. The van der Waals surface area contributed by atoms with Gasteiger partial charge in [0.1, 0.15) is 0 Å². The summed E-state index contributed by atoms with van der Waals surface area (Å²) in [7, 11) is 0. The zero-order valence-corrected chi connectivity index (χ0v) is 15.3. The Morgan fingerprint density at radius 2 is 1.84 bits per heavy atom. The van der Waals surface area contributed by atoms with E-state index in [0.29, 0.717) is 23.9 Å². The summed E-state index contributed by atoms with van der Waals surface area (Å²) in [5.74, 6) is 0.370. The highest BCUT2D eigenvalue weighted by Crippen LogP contribution is 2.18. The predicted octanol–water partition coefficient (Wildman–Crippen LogP) is 1.83. The van der Waals surface area contributed by atoms with Crippen LogP contribution in [0.2, 0.25) is 0 Å². The number of hydrogen-bond donors (Lipinski definition) is 1. The molecular weight excluding hydrogens is 336 g/mol. The first-order chi connectivity index (χ1) is 12.0. The molecule has 1 aromatic carbocycles. The van der Waals surface area contributed by atoms with Gasteiger partial charge in [0.25, 0.3) is 5.56 Å². The molecule has 1 amide bonds. The van der Waals surface area contributed by atoms with Crippen LogP contribution in [0.4, 0.5) is 5.69 Å². The van der Waals surface area contributed by atoms with Crippen molar-refractivity contribution in [2.45, 2.75) is 19.0 Å². The van der Waals surface area contributed by atoms with Gasteiger partial charge in [-0.15, -0.1) is 0 Å². The molecule has 1 fully saturated rings. The Hall–Kier alpha value is -2.28. The van der Waals surface area contributed by atoms with E-state index in [1.807, 2.05) is 4.90 Å². The van der Waals surface area contributed by atoms with Gasteiger partial charge in [-0.05, 0) is 26.0 Å². The summed E-state index contributed by atoms with van der Waals surface area (Å²) in [6, 6.07) is 9.92. The van der Waals surface area contributed by atoms with E-state index >= 15 is 0 Å². The molecule has 1 aromatic heterocycles. The number of piperazine rings is 1. The second-order valence-electron chi connectivity index (χ2n) is 6.18. The van der Waals surface area contributed by atoms with Crippen molar-refractivity contribution in [1.29, 1.82) is 0 Å². The fourth-order valence-electron chi connectivity index (χ4n) is 2.81. The molecular formula is C18H22N4O2S. The van der Waals surface area contributed by atoms with Crippen molar-refractivity contribution in [3.63, 3.8) is 0 Å². The fraction of sp³-hybridized carbons (Fsp3) is 0.389. The van der Waals surface area contributed by atoms with Crippen molar-refractivity contribution < 1.29 is 4.79 Å². The van der Waals surface area contributed by atoms with Gasteiger partial charge in [-0.3, -0.25) is 9.59 Å². The van der Waals surface area contributed by atoms with Crippen molar-refractivity contribution >= 4 is 23.4 Å². The van der Waals surface area contributed by atoms with Crippen molar-refractivity contribution in [1.82, 2.24) is 14.9 Å². The molecule has 2 heterocycles. The molecule has 0 radical (unpaired) electrons. The minimum atomic E-state index is -0.186. The van der Waals surface area contributed by atoms with E-state index < -0.39 is 0 Å². The number of nitrogens with one attached hydrogen (secondary N) is 1. The number of carbonyl (C=O) groups excluding carboxylic acids is 1. The topological polar surface area (TPSA) is 69.3 Å². The molecule has 0 spiro atoms. The molecule has 132 valence electrons. The molecule has 0 bridgehead atoms. The Labute approximate surface area is 151 Å². The van der Waals surface area contributed by atoms with Crippen LogP contribution < -0.4 is 10.5 Å². The second-order valence-corrected chi connectivity index (χ2v) is 7.15. The molecule has 0 aliphatic carbocycles. The lowest BCUT2D eigenvalue weighted by Crippen LogP contribution is -2.49. The average Bonchev–Trinajstić information content (AvgIpc) is 2.60. The van der Waals surface area contributed by atoms with E-state index in [-0.39, 0.29) is 17.2 Å². The van der Waals surface area contributed by atoms with Gasteiger partial charge in [-0.1, -0.05) is 29.5 Å². The van der Waals surface area contributed by atoms with Crippen LogP contribution in [0.1, 0.15) is 11.3 Å². The zero-order chi connectivity index (χ0) is 17.8. The highest BCUT2D eigenvalue weighted by atomic mass is 32.2. The SMILES string of the molecule is Cc1ccc(N2CCN(C(=O)CSc3nc(C)cc(=O)[nH]3)CC2)cc1. The molecule has 3 rings (SSSR count). The van der Waals surface area contributed by atoms with E-state index in [2.05, 4.69) is 46.1 Å². The van der Waals surface area contributed by atoms with Gasteiger partial charge < -0.3 is 14.8 Å². The van der Waals surface area contributed by atoms with Crippen molar-refractivity contribution in [2.75, 3.05) is 36.8 Å². The number of aryl methyl sites for hydroxylation is 2. The summed E-state index contributed by atoms with van der Waals surface area (Å²) < 4.78 is 0. The predicted molar refractivity (Wildman–Crippen MR) is 100 cm³/mol. The van der Waals surface area contributed by atoms with Crippen LogP contribution in [-0.2, 0) is 4.79 Å². The van der Waals surface area contributed by atoms with Crippen LogP contribution in [0.3, 0.4) is 0 Å². The van der Waals surface area contributed by atoms with Crippen LogP contribution in [-0.4, -0.2) is 52.7 Å². The maximum Gasteiger partial charge on any atom is 0.251 e. The average molecular weight is 358 g/mol. The first-order valence-electron chi connectivity index (χ1n) is 8.31.